The number of anilines is 1. The average Bonchev–Trinajstić information content (AvgIpc) is 3.16. The van der Waals surface area contributed by atoms with Crippen molar-refractivity contribution in [2.75, 3.05) is 5.32 Å². The molecule has 0 atom stereocenters. The van der Waals surface area contributed by atoms with Crippen LogP contribution in [0.4, 0.5) is 5.69 Å². The molecule has 1 saturated carbocycles. The molecule has 0 bridgehead atoms. The first-order valence-corrected chi connectivity index (χ1v) is 7.57. The summed E-state index contributed by atoms with van der Waals surface area (Å²) in [5.74, 6) is -0.617. The van der Waals surface area contributed by atoms with E-state index in [0.29, 0.717) is 22.9 Å². The number of benzene rings is 1. The minimum Gasteiger partial charge on any atom is -0.481 e. The monoisotopic (exact) mass is 302 g/mol. The summed E-state index contributed by atoms with van der Waals surface area (Å²) in [6.45, 7) is 0. The van der Waals surface area contributed by atoms with E-state index in [1.807, 2.05) is 0 Å². The lowest BCUT2D eigenvalue weighted by molar-refractivity contribution is -0.136. The number of carboxylic acid groups (broad SMARTS) is 1. The Labute approximate surface area is 125 Å². The zero-order chi connectivity index (χ0) is 14.8. The number of hydrogen-bond donors (Lipinski definition) is 2. The second kappa shape index (κ2) is 5.65. The van der Waals surface area contributed by atoms with Crippen LogP contribution < -0.4 is 5.32 Å². The van der Waals surface area contributed by atoms with Crippen LogP contribution in [0.1, 0.15) is 39.8 Å². The van der Waals surface area contributed by atoms with E-state index in [1.165, 1.54) is 11.3 Å². The van der Waals surface area contributed by atoms with Gasteiger partial charge in [0.1, 0.15) is 5.69 Å². The number of carbonyl (C=O) groups is 2. The van der Waals surface area contributed by atoms with Crippen LogP contribution in [0.2, 0.25) is 0 Å². The molecule has 1 heterocycles. The van der Waals surface area contributed by atoms with Crippen LogP contribution in [0, 0.1) is 0 Å². The van der Waals surface area contributed by atoms with Gasteiger partial charge in [-0.1, -0.05) is 12.1 Å². The Bertz CT molecular complexity index is 692. The standard InChI is InChI=1S/C15H14N2O3S/c18-13(19)7-9-2-1-3-11(6-9)16-14(20)12-8-21-15(17-12)10-4-5-10/h1-3,6,8,10H,4-5,7H2,(H,16,20)(H,18,19). The van der Waals surface area contributed by atoms with Crippen molar-refractivity contribution < 1.29 is 14.7 Å². The number of aliphatic carboxylic acids is 1. The first kappa shape index (κ1) is 13.8. The third-order valence-electron chi connectivity index (χ3n) is 3.22. The molecule has 1 aromatic carbocycles. The predicted molar refractivity (Wildman–Crippen MR) is 79.8 cm³/mol. The molecule has 108 valence electrons. The number of carbonyl (C=O) groups excluding carboxylic acids is 1. The lowest BCUT2D eigenvalue weighted by Gasteiger charge is -2.05. The molecule has 6 heteroatoms. The third kappa shape index (κ3) is 3.46. The maximum atomic E-state index is 12.1. The van der Waals surface area contributed by atoms with Crippen molar-refractivity contribution in [3.63, 3.8) is 0 Å². The average molecular weight is 302 g/mol. The summed E-state index contributed by atoms with van der Waals surface area (Å²) >= 11 is 1.52. The molecule has 1 aromatic heterocycles. The zero-order valence-electron chi connectivity index (χ0n) is 11.2. The van der Waals surface area contributed by atoms with Crippen LogP contribution in [0.3, 0.4) is 0 Å². The number of nitrogens with zero attached hydrogens (tertiary/aromatic N) is 1. The van der Waals surface area contributed by atoms with E-state index >= 15 is 0 Å². The van der Waals surface area contributed by atoms with Crippen molar-refractivity contribution in [3.8, 4) is 0 Å². The van der Waals surface area contributed by atoms with Gasteiger partial charge in [-0.15, -0.1) is 11.3 Å². The van der Waals surface area contributed by atoms with E-state index in [4.69, 9.17) is 5.11 Å². The summed E-state index contributed by atoms with van der Waals surface area (Å²) < 4.78 is 0. The lowest BCUT2D eigenvalue weighted by atomic mass is 10.1. The number of carboxylic acids is 1. The molecule has 3 rings (SSSR count). The predicted octanol–water partition coefficient (Wildman–Crippen LogP) is 2.90. The number of hydrogen-bond acceptors (Lipinski definition) is 4. The molecule has 1 aliphatic carbocycles. The normalized spacial score (nSPS) is 13.9. The van der Waals surface area contributed by atoms with E-state index in [0.717, 1.165) is 17.8 Å². The fourth-order valence-corrected chi connectivity index (χ4v) is 3.01. The Hall–Kier alpha value is -2.21. The summed E-state index contributed by atoms with van der Waals surface area (Å²) in [5, 5.41) is 14.3. The van der Waals surface area contributed by atoms with E-state index in [1.54, 1.807) is 29.6 Å². The molecule has 21 heavy (non-hydrogen) atoms. The minimum atomic E-state index is -0.896. The van der Waals surface area contributed by atoms with Crippen molar-refractivity contribution in [1.29, 1.82) is 0 Å². The van der Waals surface area contributed by atoms with Crippen LogP contribution in [0.15, 0.2) is 29.6 Å². The van der Waals surface area contributed by atoms with Crippen LogP contribution in [-0.4, -0.2) is 22.0 Å². The third-order valence-corrected chi connectivity index (χ3v) is 4.23. The topological polar surface area (TPSA) is 79.3 Å². The summed E-state index contributed by atoms with van der Waals surface area (Å²) in [6.07, 6.45) is 2.25. The van der Waals surface area contributed by atoms with Gasteiger partial charge < -0.3 is 10.4 Å². The molecule has 1 amide bonds. The molecule has 0 spiro atoms. The fourth-order valence-electron chi connectivity index (χ4n) is 2.04. The van der Waals surface area contributed by atoms with Crippen molar-refractivity contribution in [1.82, 2.24) is 4.98 Å². The summed E-state index contributed by atoms with van der Waals surface area (Å²) in [5.41, 5.74) is 1.66. The first-order chi connectivity index (χ1) is 10.1. The fraction of sp³-hybridized carbons (Fsp3) is 0.267. The van der Waals surface area contributed by atoms with Gasteiger partial charge in [0.15, 0.2) is 0 Å². The van der Waals surface area contributed by atoms with Crippen LogP contribution in [0.25, 0.3) is 0 Å². The van der Waals surface area contributed by atoms with Gasteiger partial charge >= 0.3 is 5.97 Å². The van der Waals surface area contributed by atoms with Gasteiger partial charge in [-0.3, -0.25) is 9.59 Å². The van der Waals surface area contributed by atoms with Gasteiger partial charge in [0, 0.05) is 17.0 Å². The molecule has 5 nitrogen and oxygen atoms in total. The first-order valence-electron chi connectivity index (χ1n) is 6.69. The van der Waals surface area contributed by atoms with Gasteiger partial charge in [-0.2, -0.15) is 0 Å². The highest BCUT2D eigenvalue weighted by Gasteiger charge is 2.27. The van der Waals surface area contributed by atoms with Crippen molar-refractivity contribution in [2.24, 2.45) is 0 Å². The second-order valence-corrected chi connectivity index (χ2v) is 5.96. The van der Waals surface area contributed by atoms with Crippen molar-refractivity contribution in [2.45, 2.75) is 25.2 Å². The molecule has 1 aliphatic rings. The summed E-state index contributed by atoms with van der Waals surface area (Å²) in [7, 11) is 0. The maximum absolute atomic E-state index is 12.1. The largest absolute Gasteiger partial charge is 0.481 e. The Kier molecular flexibility index (Phi) is 3.70. The molecule has 2 N–H and O–H groups in total. The quantitative estimate of drug-likeness (QED) is 0.890. The second-order valence-electron chi connectivity index (χ2n) is 5.07. The molecule has 1 fully saturated rings. The molecule has 0 radical (unpaired) electrons. The lowest BCUT2D eigenvalue weighted by Crippen LogP contribution is -2.12. The molecular formula is C15H14N2O3S. The van der Waals surface area contributed by atoms with Gasteiger partial charge in [0.05, 0.1) is 11.4 Å². The van der Waals surface area contributed by atoms with Crippen molar-refractivity contribution in [3.05, 3.63) is 45.9 Å². The minimum absolute atomic E-state index is 0.0633. The van der Waals surface area contributed by atoms with Gasteiger partial charge in [0.25, 0.3) is 5.91 Å². The number of amides is 1. The Morgan fingerprint density at radius 3 is 2.90 bits per heavy atom. The molecule has 0 aliphatic heterocycles. The van der Waals surface area contributed by atoms with Gasteiger partial charge in [-0.05, 0) is 30.5 Å². The molecular weight excluding hydrogens is 288 g/mol. The molecule has 0 saturated heterocycles. The van der Waals surface area contributed by atoms with Crippen LogP contribution in [-0.2, 0) is 11.2 Å². The highest BCUT2D eigenvalue weighted by Crippen LogP contribution is 2.41. The maximum Gasteiger partial charge on any atom is 0.307 e. The zero-order valence-corrected chi connectivity index (χ0v) is 12.0. The van der Waals surface area contributed by atoms with E-state index < -0.39 is 5.97 Å². The molecule has 2 aromatic rings. The van der Waals surface area contributed by atoms with Crippen molar-refractivity contribution >= 4 is 28.9 Å². The Morgan fingerprint density at radius 1 is 1.38 bits per heavy atom. The highest BCUT2D eigenvalue weighted by atomic mass is 32.1. The van der Waals surface area contributed by atoms with Crippen LogP contribution in [0.5, 0.6) is 0 Å². The SMILES string of the molecule is O=C(O)Cc1cccc(NC(=O)c2csc(C3CC3)n2)c1. The van der Waals surface area contributed by atoms with E-state index in [2.05, 4.69) is 10.3 Å². The summed E-state index contributed by atoms with van der Waals surface area (Å²) in [6, 6.07) is 6.85. The highest BCUT2D eigenvalue weighted by molar-refractivity contribution is 7.10. The van der Waals surface area contributed by atoms with E-state index in [9.17, 15) is 9.59 Å². The number of thiazole rings is 1. The Balaban J connectivity index is 1.69. The van der Waals surface area contributed by atoms with E-state index in [-0.39, 0.29) is 12.3 Å². The summed E-state index contributed by atoms with van der Waals surface area (Å²) in [4.78, 5) is 27.2. The van der Waals surface area contributed by atoms with Gasteiger partial charge in [-0.25, -0.2) is 4.98 Å². The number of rotatable bonds is 5. The Morgan fingerprint density at radius 2 is 2.19 bits per heavy atom. The molecule has 0 unspecified atom stereocenters. The smallest absolute Gasteiger partial charge is 0.307 e. The number of nitrogens with one attached hydrogen (secondary N) is 1. The number of aromatic nitrogens is 1. The van der Waals surface area contributed by atoms with Gasteiger partial charge in [0.2, 0.25) is 0 Å². The van der Waals surface area contributed by atoms with Crippen LogP contribution >= 0.6 is 11.3 Å².